The molecule has 0 bridgehead atoms. The molecule has 0 aromatic heterocycles. The van der Waals surface area contributed by atoms with Crippen molar-refractivity contribution in [3.05, 3.63) is 65.2 Å². The largest absolute Gasteiger partial charge is 0.336 e. The van der Waals surface area contributed by atoms with Crippen LogP contribution in [0.25, 0.3) is 0 Å². The average molecular weight is 398 g/mol. The van der Waals surface area contributed by atoms with Crippen molar-refractivity contribution in [1.82, 2.24) is 4.90 Å². The van der Waals surface area contributed by atoms with Crippen molar-refractivity contribution < 1.29 is 32.1 Å². The van der Waals surface area contributed by atoms with Gasteiger partial charge >= 0.3 is 0 Å². The van der Waals surface area contributed by atoms with Gasteiger partial charge in [-0.05, 0) is 18.2 Å². The Morgan fingerprint density at radius 3 is 2.32 bits per heavy atom. The van der Waals surface area contributed by atoms with E-state index >= 15 is 0 Å². The Kier molecular flexibility index (Phi) is 7.11. The topological polar surface area (TPSA) is 53.9 Å². The minimum Gasteiger partial charge on any atom is -0.336 e. The number of rotatable bonds is 7. The first-order valence-corrected chi connectivity index (χ1v) is 8.41. The van der Waals surface area contributed by atoms with Gasteiger partial charge in [-0.2, -0.15) is 0 Å². The van der Waals surface area contributed by atoms with Crippen molar-refractivity contribution in [2.45, 2.75) is 6.54 Å². The molecule has 0 saturated carbocycles. The molecular weight excluding hydrogens is 378 g/mol. The Balaban J connectivity index is 1.88. The lowest BCUT2D eigenvalue weighted by Crippen LogP contribution is -3.11. The number of likely N-dealkylation sites (N-methyl/N-ethyl adjacent to an activating group) is 2. The number of hydrogen-bond donors (Lipinski definition) is 2. The summed E-state index contributed by atoms with van der Waals surface area (Å²) in [5, 5.41) is 2.14. The lowest BCUT2D eigenvalue weighted by molar-refractivity contribution is -0.862. The monoisotopic (exact) mass is 398 g/mol. The predicted molar refractivity (Wildman–Crippen MR) is 94.4 cm³/mol. The predicted octanol–water partition coefficient (Wildman–Crippen LogP) is 1.35. The number of carbonyl (C=O) groups excluding carboxylic acids is 2. The number of anilines is 1. The summed E-state index contributed by atoms with van der Waals surface area (Å²) >= 11 is 0. The van der Waals surface area contributed by atoms with Crippen LogP contribution in [-0.4, -0.2) is 43.9 Å². The molecule has 5 nitrogen and oxygen atoms in total. The molecule has 150 valence electrons. The summed E-state index contributed by atoms with van der Waals surface area (Å²) in [6.45, 7) is -0.207. The van der Waals surface area contributed by atoms with Crippen molar-refractivity contribution in [2.75, 3.05) is 32.5 Å². The summed E-state index contributed by atoms with van der Waals surface area (Å²) in [6.07, 6.45) is 0. The van der Waals surface area contributed by atoms with Crippen LogP contribution in [0.5, 0.6) is 0 Å². The first kappa shape index (κ1) is 21.4. The molecule has 28 heavy (non-hydrogen) atoms. The summed E-state index contributed by atoms with van der Waals surface area (Å²) in [5.74, 6) is -5.95. The highest BCUT2D eigenvalue weighted by Gasteiger charge is 2.20. The Morgan fingerprint density at radius 2 is 1.64 bits per heavy atom. The molecule has 1 unspecified atom stereocenters. The molecule has 2 N–H and O–H groups in total. The third kappa shape index (κ3) is 5.53. The fourth-order valence-corrected chi connectivity index (χ4v) is 2.52. The van der Waals surface area contributed by atoms with Gasteiger partial charge in [-0.25, -0.2) is 17.6 Å². The van der Waals surface area contributed by atoms with E-state index in [1.807, 2.05) is 0 Å². The van der Waals surface area contributed by atoms with E-state index in [1.165, 1.54) is 18.0 Å². The smallest absolute Gasteiger partial charge is 0.279 e. The van der Waals surface area contributed by atoms with Crippen molar-refractivity contribution in [1.29, 1.82) is 0 Å². The molecule has 0 saturated heterocycles. The van der Waals surface area contributed by atoms with Gasteiger partial charge in [0.2, 0.25) is 0 Å². The van der Waals surface area contributed by atoms with E-state index in [9.17, 15) is 27.2 Å². The minimum absolute atomic E-state index is 0.0708. The Morgan fingerprint density at radius 1 is 0.964 bits per heavy atom. The number of benzene rings is 2. The zero-order valence-corrected chi connectivity index (χ0v) is 15.4. The van der Waals surface area contributed by atoms with Crippen molar-refractivity contribution in [2.24, 2.45) is 0 Å². The van der Waals surface area contributed by atoms with Crippen molar-refractivity contribution in [3.8, 4) is 0 Å². The van der Waals surface area contributed by atoms with Crippen LogP contribution in [-0.2, 0) is 16.1 Å². The number of carbonyl (C=O) groups is 2. The number of amides is 2. The molecule has 0 aliphatic rings. The molecular formula is C19H20F4N3O2+. The summed E-state index contributed by atoms with van der Waals surface area (Å²) < 4.78 is 53.4. The standard InChI is InChI=1S/C19H19F4N3O2/c1-25(10-16(27)24-15-8-7-14(21)18(22)19(15)23)11-17(28)26(2)9-12-5-3-4-6-13(12)20/h3-8H,9-11H2,1-2H3,(H,24,27)/p+1. The molecule has 0 spiro atoms. The average Bonchev–Trinajstić information content (AvgIpc) is 2.63. The van der Waals surface area contributed by atoms with Crippen LogP contribution in [0.4, 0.5) is 23.2 Å². The van der Waals surface area contributed by atoms with Gasteiger partial charge in [0.25, 0.3) is 11.8 Å². The number of quaternary nitrogens is 1. The Bertz CT molecular complexity index is 876. The second kappa shape index (κ2) is 9.32. The van der Waals surface area contributed by atoms with E-state index in [4.69, 9.17) is 0 Å². The number of nitrogens with zero attached hydrogens (tertiary/aromatic N) is 1. The molecule has 0 aliphatic heterocycles. The van der Waals surface area contributed by atoms with Crippen LogP contribution in [0.2, 0.25) is 0 Å². The Labute approximate surface area is 159 Å². The van der Waals surface area contributed by atoms with Gasteiger partial charge in [-0.15, -0.1) is 0 Å². The summed E-state index contributed by atoms with van der Waals surface area (Å²) in [7, 11) is 3.08. The van der Waals surface area contributed by atoms with Crippen LogP contribution >= 0.6 is 0 Å². The number of nitrogens with one attached hydrogen (secondary N) is 2. The SMILES string of the molecule is CN(Cc1ccccc1F)C(=O)C[NH+](C)CC(=O)Nc1ccc(F)c(F)c1F. The molecule has 2 rings (SSSR count). The quantitative estimate of drug-likeness (QED) is 0.547. The van der Waals surface area contributed by atoms with Gasteiger partial charge in [0.1, 0.15) is 5.82 Å². The van der Waals surface area contributed by atoms with E-state index in [-0.39, 0.29) is 25.5 Å². The molecule has 0 fully saturated rings. The van der Waals surface area contributed by atoms with E-state index in [1.54, 1.807) is 25.2 Å². The number of halogens is 4. The van der Waals surface area contributed by atoms with E-state index < -0.39 is 34.9 Å². The number of hydrogen-bond acceptors (Lipinski definition) is 2. The summed E-state index contributed by atoms with van der Waals surface area (Å²) in [4.78, 5) is 26.0. The van der Waals surface area contributed by atoms with Crippen LogP contribution in [0.1, 0.15) is 5.56 Å². The maximum Gasteiger partial charge on any atom is 0.279 e. The lowest BCUT2D eigenvalue weighted by atomic mass is 10.2. The zero-order valence-electron chi connectivity index (χ0n) is 15.4. The second-order valence-electron chi connectivity index (χ2n) is 6.42. The van der Waals surface area contributed by atoms with E-state index in [0.717, 1.165) is 6.07 Å². The maximum atomic E-state index is 13.7. The highest BCUT2D eigenvalue weighted by atomic mass is 19.2. The molecule has 2 aromatic rings. The second-order valence-corrected chi connectivity index (χ2v) is 6.42. The molecule has 2 amide bonds. The van der Waals surface area contributed by atoms with Crippen LogP contribution < -0.4 is 10.2 Å². The van der Waals surface area contributed by atoms with Crippen LogP contribution in [0.3, 0.4) is 0 Å². The fraction of sp³-hybridized carbons (Fsp3) is 0.263. The first-order chi connectivity index (χ1) is 13.2. The van der Waals surface area contributed by atoms with Gasteiger partial charge in [-0.3, -0.25) is 9.59 Å². The first-order valence-electron chi connectivity index (χ1n) is 8.41. The molecule has 9 heteroatoms. The molecule has 0 radical (unpaired) electrons. The van der Waals surface area contributed by atoms with E-state index in [2.05, 4.69) is 5.32 Å². The summed E-state index contributed by atoms with van der Waals surface area (Å²) in [6, 6.07) is 7.69. The lowest BCUT2D eigenvalue weighted by Gasteiger charge is -2.20. The highest BCUT2D eigenvalue weighted by molar-refractivity contribution is 5.91. The molecule has 0 aliphatic carbocycles. The third-order valence-corrected chi connectivity index (χ3v) is 4.02. The molecule has 2 aromatic carbocycles. The van der Waals surface area contributed by atoms with Gasteiger partial charge in [0.15, 0.2) is 30.5 Å². The Hall–Kier alpha value is -2.94. The van der Waals surface area contributed by atoms with Gasteiger partial charge in [0.05, 0.1) is 12.7 Å². The fourth-order valence-electron chi connectivity index (χ4n) is 2.52. The van der Waals surface area contributed by atoms with Crippen LogP contribution in [0, 0.1) is 23.3 Å². The summed E-state index contributed by atoms with van der Waals surface area (Å²) in [5.41, 5.74) is -0.123. The maximum absolute atomic E-state index is 13.7. The molecule has 0 heterocycles. The van der Waals surface area contributed by atoms with Gasteiger partial charge < -0.3 is 15.1 Å². The van der Waals surface area contributed by atoms with Crippen molar-refractivity contribution >= 4 is 17.5 Å². The normalized spacial score (nSPS) is 11.8. The van der Waals surface area contributed by atoms with Crippen LogP contribution in [0.15, 0.2) is 36.4 Å². The minimum atomic E-state index is -1.68. The van der Waals surface area contributed by atoms with Gasteiger partial charge in [0, 0.05) is 19.2 Å². The van der Waals surface area contributed by atoms with E-state index in [0.29, 0.717) is 16.5 Å². The zero-order chi connectivity index (χ0) is 20.8. The molecule has 1 atom stereocenters. The third-order valence-electron chi connectivity index (χ3n) is 4.02. The van der Waals surface area contributed by atoms with Gasteiger partial charge in [-0.1, -0.05) is 18.2 Å². The highest BCUT2D eigenvalue weighted by Crippen LogP contribution is 2.19. The van der Waals surface area contributed by atoms with Crippen molar-refractivity contribution in [3.63, 3.8) is 0 Å².